The van der Waals surface area contributed by atoms with Gasteiger partial charge >= 0.3 is 0 Å². The van der Waals surface area contributed by atoms with Crippen molar-refractivity contribution in [2.24, 2.45) is 0 Å². The quantitative estimate of drug-likeness (QED) is 0.717. The molecule has 0 amide bonds. The maximum Gasteiger partial charge on any atom is 0.188 e. The molecule has 0 aliphatic carbocycles. The zero-order valence-corrected chi connectivity index (χ0v) is 7.66. The molecule has 1 heterocycles. The van der Waals surface area contributed by atoms with Gasteiger partial charge in [-0.1, -0.05) is 18.2 Å². The minimum Gasteiger partial charge on any atom is -0.370 e. The Morgan fingerprint density at radius 3 is 2.79 bits per heavy atom. The van der Waals surface area contributed by atoms with Crippen molar-refractivity contribution >= 4 is 0 Å². The van der Waals surface area contributed by atoms with E-state index < -0.39 is 0 Å². The molecule has 0 fully saturated rings. The van der Waals surface area contributed by atoms with Gasteiger partial charge in [-0.05, 0) is 22.6 Å². The highest BCUT2D eigenvalue weighted by Crippen LogP contribution is 2.07. The monoisotopic (exact) mass is 189 g/mol. The van der Waals surface area contributed by atoms with Gasteiger partial charge in [-0.25, -0.2) is 0 Å². The first-order valence-corrected chi connectivity index (χ1v) is 4.11. The first-order valence-electron chi connectivity index (χ1n) is 4.11. The molecule has 14 heavy (non-hydrogen) atoms. The first-order chi connectivity index (χ1) is 6.92. The predicted octanol–water partition coefficient (Wildman–Crippen LogP) is 0.819. The van der Waals surface area contributed by atoms with E-state index in [-0.39, 0.29) is 0 Å². The number of hydrogen-bond donors (Lipinski definition) is 0. The van der Waals surface area contributed by atoms with Crippen molar-refractivity contribution in [3.05, 3.63) is 42.8 Å². The lowest BCUT2D eigenvalue weighted by Crippen LogP contribution is -2.02. The molecule has 2 aromatic rings. The zero-order chi connectivity index (χ0) is 9.80. The molecule has 0 aliphatic heterocycles. The van der Waals surface area contributed by atoms with Crippen LogP contribution in [0.25, 0.3) is 5.69 Å². The summed E-state index contributed by atoms with van der Waals surface area (Å²) in [6, 6.07) is 9.63. The Morgan fingerprint density at radius 1 is 1.29 bits per heavy atom. The van der Waals surface area contributed by atoms with Gasteiger partial charge in [0.15, 0.2) is 12.4 Å². The molecule has 1 radical (unpaired) electrons. The molecule has 0 bridgehead atoms. The number of nitrogens with zero attached hydrogens (tertiary/aromatic N) is 4. The number of aromatic nitrogens is 4. The summed E-state index contributed by atoms with van der Waals surface area (Å²) in [5, 5.41) is 11.2. The topological polar surface area (TPSA) is 52.8 Å². The largest absolute Gasteiger partial charge is 0.370 e. The number of rotatable bonds is 3. The van der Waals surface area contributed by atoms with Crippen molar-refractivity contribution in [3.63, 3.8) is 0 Å². The summed E-state index contributed by atoms with van der Waals surface area (Å²) in [5.74, 6) is 0.568. The Labute approximate surface area is 81.3 Å². The van der Waals surface area contributed by atoms with Gasteiger partial charge < -0.3 is 4.74 Å². The van der Waals surface area contributed by atoms with E-state index >= 15 is 0 Å². The Balaban J connectivity index is 2.37. The molecule has 0 aliphatic rings. The number of hydrogen-bond acceptors (Lipinski definition) is 4. The standard InChI is InChI=1S/C9H9N4O/c1-14-7-9-10-11-12-13(9)8-5-3-2-4-6-8/h2-7H,1H3. The van der Waals surface area contributed by atoms with Crippen molar-refractivity contribution < 1.29 is 4.74 Å². The second-order valence-corrected chi connectivity index (χ2v) is 2.64. The van der Waals surface area contributed by atoms with E-state index in [9.17, 15) is 0 Å². The molecule has 0 saturated heterocycles. The van der Waals surface area contributed by atoms with E-state index in [0.29, 0.717) is 5.82 Å². The molecule has 0 spiro atoms. The summed E-state index contributed by atoms with van der Waals surface area (Å²) in [6.07, 6.45) is 0. The van der Waals surface area contributed by atoms with Crippen LogP contribution in [0.4, 0.5) is 0 Å². The van der Waals surface area contributed by atoms with E-state index in [4.69, 9.17) is 4.74 Å². The molecule has 2 rings (SSSR count). The molecule has 0 saturated carbocycles. The zero-order valence-electron chi connectivity index (χ0n) is 7.66. The molecule has 5 heteroatoms. The lowest BCUT2D eigenvalue weighted by Gasteiger charge is -2.01. The van der Waals surface area contributed by atoms with Crippen molar-refractivity contribution in [2.75, 3.05) is 7.11 Å². The maximum atomic E-state index is 4.86. The van der Waals surface area contributed by atoms with Crippen LogP contribution < -0.4 is 0 Å². The van der Waals surface area contributed by atoms with Crippen LogP contribution in [0, 0.1) is 6.61 Å². The van der Waals surface area contributed by atoms with Crippen molar-refractivity contribution in [3.8, 4) is 5.69 Å². The molecule has 0 atom stereocenters. The fourth-order valence-electron chi connectivity index (χ4n) is 1.13. The second kappa shape index (κ2) is 3.97. The van der Waals surface area contributed by atoms with Crippen LogP contribution >= 0.6 is 0 Å². The Morgan fingerprint density at radius 2 is 2.07 bits per heavy atom. The van der Waals surface area contributed by atoms with Crippen LogP contribution in [0.3, 0.4) is 0 Å². The Kier molecular flexibility index (Phi) is 2.51. The molecule has 1 aromatic heterocycles. The lowest BCUT2D eigenvalue weighted by atomic mass is 10.3. The van der Waals surface area contributed by atoms with Crippen LogP contribution in [0.15, 0.2) is 30.3 Å². The average molecular weight is 189 g/mol. The summed E-state index contributed by atoms with van der Waals surface area (Å²) < 4.78 is 6.46. The number of tetrazole rings is 1. The number of benzene rings is 1. The maximum absolute atomic E-state index is 4.86. The molecular formula is C9H9N4O. The molecule has 0 N–H and O–H groups in total. The predicted molar refractivity (Wildman–Crippen MR) is 49.6 cm³/mol. The molecule has 71 valence electrons. The summed E-state index contributed by atoms with van der Waals surface area (Å²) in [4.78, 5) is 0. The van der Waals surface area contributed by atoms with E-state index in [0.717, 1.165) is 5.69 Å². The SMILES string of the molecule is CO[CH]c1nnnn1-c1ccccc1. The smallest absolute Gasteiger partial charge is 0.188 e. The fourth-order valence-corrected chi connectivity index (χ4v) is 1.13. The van der Waals surface area contributed by atoms with Crippen molar-refractivity contribution in [1.82, 2.24) is 20.2 Å². The van der Waals surface area contributed by atoms with Crippen LogP contribution in [-0.4, -0.2) is 27.3 Å². The lowest BCUT2D eigenvalue weighted by molar-refractivity contribution is 0.285. The fraction of sp³-hybridized carbons (Fsp3) is 0.111. The number of para-hydroxylation sites is 1. The molecule has 5 nitrogen and oxygen atoms in total. The van der Waals surface area contributed by atoms with Gasteiger partial charge in [0, 0.05) is 7.11 Å². The van der Waals surface area contributed by atoms with Crippen molar-refractivity contribution in [1.29, 1.82) is 0 Å². The normalized spacial score (nSPS) is 10.4. The van der Waals surface area contributed by atoms with Crippen LogP contribution in [0.1, 0.15) is 5.82 Å². The minimum absolute atomic E-state index is 0.568. The van der Waals surface area contributed by atoms with Gasteiger partial charge in [-0.2, -0.15) is 4.68 Å². The second-order valence-electron chi connectivity index (χ2n) is 2.64. The summed E-state index contributed by atoms with van der Waals surface area (Å²) in [7, 11) is 1.56. The third-order valence-electron chi connectivity index (χ3n) is 1.72. The van der Waals surface area contributed by atoms with E-state index in [1.807, 2.05) is 30.3 Å². The Hall–Kier alpha value is -1.75. The van der Waals surface area contributed by atoms with Crippen LogP contribution in [0.2, 0.25) is 0 Å². The third-order valence-corrected chi connectivity index (χ3v) is 1.72. The van der Waals surface area contributed by atoms with Gasteiger partial charge in [0.05, 0.1) is 5.69 Å². The van der Waals surface area contributed by atoms with Gasteiger partial charge in [0.2, 0.25) is 0 Å². The van der Waals surface area contributed by atoms with E-state index in [1.54, 1.807) is 11.8 Å². The highest BCUT2D eigenvalue weighted by molar-refractivity contribution is 5.31. The van der Waals surface area contributed by atoms with Gasteiger partial charge in [0.1, 0.15) is 0 Å². The van der Waals surface area contributed by atoms with Gasteiger partial charge in [-0.15, -0.1) is 5.10 Å². The van der Waals surface area contributed by atoms with Gasteiger partial charge in [0.25, 0.3) is 0 Å². The highest BCUT2D eigenvalue weighted by atomic mass is 16.5. The van der Waals surface area contributed by atoms with Gasteiger partial charge in [-0.3, -0.25) is 0 Å². The average Bonchev–Trinajstić information content (AvgIpc) is 2.68. The third kappa shape index (κ3) is 1.62. The molecule has 1 aromatic carbocycles. The number of methoxy groups -OCH3 is 1. The molecular weight excluding hydrogens is 180 g/mol. The summed E-state index contributed by atoms with van der Waals surface area (Å²) >= 11 is 0. The van der Waals surface area contributed by atoms with Crippen LogP contribution in [0.5, 0.6) is 0 Å². The Bertz CT molecular complexity index is 398. The summed E-state index contributed by atoms with van der Waals surface area (Å²) in [6.45, 7) is 1.49. The van der Waals surface area contributed by atoms with Crippen molar-refractivity contribution in [2.45, 2.75) is 0 Å². The minimum atomic E-state index is 0.568. The highest BCUT2D eigenvalue weighted by Gasteiger charge is 2.06. The number of ether oxygens (including phenoxy) is 1. The van der Waals surface area contributed by atoms with E-state index in [2.05, 4.69) is 15.5 Å². The van der Waals surface area contributed by atoms with Crippen LogP contribution in [-0.2, 0) is 4.74 Å². The molecule has 0 unspecified atom stereocenters. The first kappa shape index (κ1) is 8.83. The summed E-state index contributed by atoms with van der Waals surface area (Å²) in [5.41, 5.74) is 0.904. The van der Waals surface area contributed by atoms with E-state index in [1.165, 1.54) is 6.61 Å².